The standard InChI is InChI=1S/C32H42N8O6/c1-19(2)25(37-31(43)45-5)29(41)39-15-9-13-23(39)27-33-17-21(35-27)11-7-8-12-22-18-34-28(36-22)24-14-10-16-40(24)30(42)26(20(3)4)38-32(44)46-6/h17-20,23-26H,9-10,13-16H2,1-6H3,(H,33,35)(H,34,36)(H,37,43)(H,38,44)/t23-,24-,25+,26+/m0/s1. The minimum Gasteiger partial charge on any atom is -0.453 e. The van der Waals surface area contributed by atoms with Crippen LogP contribution in [0.3, 0.4) is 0 Å². The minimum absolute atomic E-state index is 0.123. The number of rotatable bonds is 8. The molecule has 4 N–H and O–H groups in total. The van der Waals surface area contributed by atoms with E-state index in [1.807, 2.05) is 27.7 Å². The highest BCUT2D eigenvalue weighted by Crippen LogP contribution is 2.32. The van der Waals surface area contributed by atoms with E-state index in [0.29, 0.717) is 36.1 Å². The van der Waals surface area contributed by atoms with Crippen molar-refractivity contribution in [2.24, 2.45) is 11.8 Å². The molecule has 0 saturated carbocycles. The maximum absolute atomic E-state index is 13.3. The van der Waals surface area contributed by atoms with Crippen LogP contribution in [0.2, 0.25) is 0 Å². The van der Waals surface area contributed by atoms with Gasteiger partial charge in [0.05, 0.1) is 38.7 Å². The second kappa shape index (κ2) is 15.3. The zero-order chi connectivity index (χ0) is 33.4. The van der Waals surface area contributed by atoms with E-state index >= 15 is 0 Å². The molecule has 0 spiro atoms. The number of carbonyl (C=O) groups excluding carboxylic acids is 4. The fraction of sp³-hybridized carbons (Fsp3) is 0.562. The van der Waals surface area contributed by atoms with Crippen LogP contribution in [-0.4, -0.2) is 93.1 Å². The van der Waals surface area contributed by atoms with Crippen molar-refractivity contribution in [2.45, 2.75) is 77.5 Å². The monoisotopic (exact) mass is 634 g/mol. The summed E-state index contributed by atoms with van der Waals surface area (Å²) in [5, 5.41) is 5.29. The molecule has 4 amide bonds. The molecule has 46 heavy (non-hydrogen) atoms. The van der Waals surface area contributed by atoms with Gasteiger partial charge in [-0.3, -0.25) is 9.59 Å². The maximum Gasteiger partial charge on any atom is 0.407 e. The molecule has 2 fully saturated rings. The molecule has 0 unspecified atom stereocenters. The van der Waals surface area contributed by atoms with Crippen molar-refractivity contribution in [1.82, 2.24) is 40.4 Å². The van der Waals surface area contributed by atoms with Gasteiger partial charge in [-0.1, -0.05) is 27.7 Å². The fourth-order valence-electron chi connectivity index (χ4n) is 5.72. The zero-order valence-corrected chi connectivity index (χ0v) is 27.1. The van der Waals surface area contributed by atoms with E-state index in [-0.39, 0.29) is 35.7 Å². The minimum atomic E-state index is -0.710. The van der Waals surface area contributed by atoms with Crippen molar-refractivity contribution >= 4 is 24.0 Å². The predicted molar refractivity (Wildman–Crippen MR) is 167 cm³/mol. The van der Waals surface area contributed by atoms with Crippen molar-refractivity contribution < 1.29 is 28.7 Å². The van der Waals surface area contributed by atoms with Crippen LogP contribution in [0, 0.1) is 35.5 Å². The lowest BCUT2D eigenvalue weighted by atomic mass is 10.0. The molecule has 0 radical (unpaired) electrons. The third-order valence-corrected chi connectivity index (χ3v) is 8.13. The first-order valence-corrected chi connectivity index (χ1v) is 15.5. The molecule has 14 nitrogen and oxygen atoms in total. The number of aromatic amines is 2. The number of amides is 4. The van der Waals surface area contributed by atoms with Crippen molar-refractivity contribution in [3.8, 4) is 23.7 Å². The van der Waals surface area contributed by atoms with Crippen molar-refractivity contribution in [3.05, 3.63) is 35.4 Å². The number of imidazole rings is 2. The summed E-state index contributed by atoms with van der Waals surface area (Å²) >= 11 is 0. The summed E-state index contributed by atoms with van der Waals surface area (Å²) in [4.78, 5) is 69.1. The Labute approximate surface area is 268 Å². The molecule has 2 saturated heterocycles. The topological polar surface area (TPSA) is 175 Å². The lowest BCUT2D eigenvalue weighted by Gasteiger charge is -2.29. The Kier molecular flexibility index (Phi) is 11.3. The van der Waals surface area contributed by atoms with E-state index in [0.717, 1.165) is 25.7 Å². The highest BCUT2D eigenvalue weighted by Gasteiger charge is 2.38. The average molecular weight is 635 g/mol. The second-order valence-electron chi connectivity index (χ2n) is 12.0. The lowest BCUT2D eigenvalue weighted by molar-refractivity contribution is -0.136. The first-order valence-electron chi connectivity index (χ1n) is 15.5. The van der Waals surface area contributed by atoms with E-state index in [1.54, 1.807) is 22.2 Å². The Morgan fingerprint density at radius 2 is 1.15 bits per heavy atom. The van der Waals surface area contributed by atoms with Crippen LogP contribution < -0.4 is 10.6 Å². The van der Waals surface area contributed by atoms with Gasteiger partial charge < -0.3 is 39.9 Å². The molecule has 2 aliphatic rings. The highest BCUT2D eigenvalue weighted by atomic mass is 16.5. The largest absolute Gasteiger partial charge is 0.453 e. The number of nitrogens with one attached hydrogen (secondary N) is 4. The molecule has 246 valence electrons. The Bertz CT molecular complexity index is 1430. The van der Waals surface area contributed by atoms with Gasteiger partial charge in [-0.25, -0.2) is 19.6 Å². The van der Waals surface area contributed by atoms with Crippen LogP contribution in [-0.2, 0) is 19.1 Å². The van der Waals surface area contributed by atoms with E-state index in [2.05, 4.69) is 54.3 Å². The van der Waals surface area contributed by atoms with Crippen molar-refractivity contribution in [2.75, 3.05) is 27.3 Å². The Morgan fingerprint density at radius 1 is 0.761 bits per heavy atom. The smallest absolute Gasteiger partial charge is 0.407 e. The summed E-state index contributed by atoms with van der Waals surface area (Å²) < 4.78 is 9.40. The van der Waals surface area contributed by atoms with Crippen LogP contribution in [0.4, 0.5) is 9.59 Å². The molecule has 2 aliphatic heterocycles. The Morgan fingerprint density at radius 3 is 1.50 bits per heavy atom. The quantitative estimate of drug-likeness (QED) is 0.321. The van der Waals surface area contributed by atoms with E-state index in [9.17, 15) is 19.2 Å². The third-order valence-electron chi connectivity index (χ3n) is 8.13. The maximum atomic E-state index is 13.3. The number of likely N-dealkylation sites (tertiary alicyclic amines) is 2. The highest BCUT2D eigenvalue weighted by molar-refractivity contribution is 5.87. The van der Waals surface area contributed by atoms with Gasteiger partial charge in [-0.2, -0.15) is 0 Å². The predicted octanol–water partition coefficient (Wildman–Crippen LogP) is 2.62. The van der Waals surface area contributed by atoms with E-state index in [4.69, 9.17) is 9.47 Å². The summed E-state index contributed by atoms with van der Waals surface area (Å²) in [7, 11) is 2.53. The molecule has 2 aromatic rings. The number of H-pyrrole nitrogens is 2. The summed E-state index contributed by atoms with van der Waals surface area (Å²) in [6.07, 6.45) is 5.02. The van der Waals surface area contributed by atoms with Crippen LogP contribution in [0.1, 0.15) is 88.5 Å². The van der Waals surface area contributed by atoms with Crippen LogP contribution in [0.15, 0.2) is 12.4 Å². The second-order valence-corrected chi connectivity index (χ2v) is 12.0. The SMILES string of the molecule is COC(=O)N[C@@H](C(=O)N1CCC[C@H]1c1ncc(C#CC#Cc2cnc([C@@H]3CCCN3C(=O)[C@H](NC(=O)OC)C(C)C)[nH]2)[nH]1)C(C)C. The van der Waals surface area contributed by atoms with Crippen LogP contribution in [0.5, 0.6) is 0 Å². The number of methoxy groups -OCH3 is 2. The van der Waals surface area contributed by atoms with Gasteiger partial charge in [0.2, 0.25) is 11.8 Å². The number of aromatic nitrogens is 4. The molecule has 2 aromatic heterocycles. The number of nitrogens with zero attached hydrogens (tertiary/aromatic N) is 4. The molecule has 4 rings (SSSR count). The normalized spacial score (nSPS) is 18.7. The summed E-state index contributed by atoms with van der Waals surface area (Å²) in [5.41, 5.74) is 1.12. The zero-order valence-electron chi connectivity index (χ0n) is 27.1. The molecule has 0 bridgehead atoms. The van der Waals surface area contributed by atoms with E-state index < -0.39 is 24.3 Å². The van der Waals surface area contributed by atoms with Gasteiger partial charge in [0.1, 0.15) is 35.1 Å². The third kappa shape index (κ3) is 7.99. The summed E-state index contributed by atoms with van der Waals surface area (Å²) in [6, 6.07) is -1.93. The van der Waals surface area contributed by atoms with Crippen molar-refractivity contribution in [3.63, 3.8) is 0 Å². The Hall–Kier alpha value is -4.98. The molecular weight excluding hydrogens is 592 g/mol. The van der Waals surface area contributed by atoms with E-state index in [1.165, 1.54) is 14.2 Å². The van der Waals surface area contributed by atoms with Gasteiger partial charge in [-0.15, -0.1) is 0 Å². The average Bonchev–Trinajstić information content (AvgIpc) is 3.86. The number of alkyl carbamates (subject to hydrolysis) is 2. The molecule has 14 heteroatoms. The molecule has 4 atom stereocenters. The summed E-state index contributed by atoms with van der Waals surface area (Å²) in [6.45, 7) is 8.60. The van der Waals surface area contributed by atoms with Gasteiger partial charge in [-0.05, 0) is 61.2 Å². The lowest BCUT2D eigenvalue weighted by Crippen LogP contribution is -2.51. The number of ether oxygens (including phenoxy) is 2. The Balaban J connectivity index is 1.40. The number of carbonyl (C=O) groups is 4. The van der Waals surface area contributed by atoms with Gasteiger partial charge in [0.15, 0.2) is 0 Å². The van der Waals surface area contributed by atoms with Crippen molar-refractivity contribution in [1.29, 1.82) is 0 Å². The van der Waals surface area contributed by atoms with Gasteiger partial charge in [0, 0.05) is 13.1 Å². The van der Waals surface area contributed by atoms with Crippen LogP contribution >= 0.6 is 0 Å². The summed E-state index contributed by atoms with van der Waals surface area (Å²) in [5.74, 6) is 12.2. The number of hydrogen-bond donors (Lipinski definition) is 4. The van der Waals surface area contributed by atoms with Gasteiger partial charge in [0.25, 0.3) is 0 Å². The van der Waals surface area contributed by atoms with Crippen LogP contribution in [0.25, 0.3) is 0 Å². The molecule has 0 aliphatic carbocycles. The molecular formula is C32H42N8O6. The first kappa shape index (κ1) is 33.9. The van der Waals surface area contributed by atoms with Gasteiger partial charge >= 0.3 is 12.2 Å². The molecule has 4 heterocycles. The first-order chi connectivity index (χ1) is 22.0. The molecule has 0 aromatic carbocycles. The number of hydrogen-bond acceptors (Lipinski definition) is 8. The fourth-order valence-corrected chi connectivity index (χ4v) is 5.72.